The second kappa shape index (κ2) is 5.53. The van der Waals surface area contributed by atoms with E-state index in [2.05, 4.69) is 12.2 Å². The Bertz CT molecular complexity index is 32.6. The summed E-state index contributed by atoms with van der Waals surface area (Å²) in [6.07, 6.45) is 0. The van der Waals surface area contributed by atoms with Crippen LogP contribution in [0.2, 0.25) is 0 Å². The molecule has 0 fully saturated rings. The molecule has 0 aromatic rings. The molecule has 0 amide bonds. The van der Waals surface area contributed by atoms with Crippen LogP contribution in [0.5, 0.6) is 0 Å². The normalized spacial score (nSPS) is 5.00. The third-order valence-electron chi connectivity index (χ3n) is 0. The van der Waals surface area contributed by atoms with Crippen molar-refractivity contribution in [3.8, 4) is 0 Å². The van der Waals surface area contributed by atoms with Gasteiger partial charge in [-0.05, 0) is 12.2 Å². The third-order valence-corrected chi connectivity index (χ3v) is 0. The molecule has 0 bridgehead atoms. The molecular weight excluding hydrogens is 111 g/mol. The van der Waals surface area contributed by atoms with Crippen LogP contribution in [0, 0.1) is 0 Å². The summed E-state index contributed by atoms with van der Waals surface area (Å²) in [6.45, 7) is 1.45. The number of hydrogen-bond acceptors (Lipinski definition) is 1. The zero-order valence-electron chi connectivity index (χ0n) is 2.36. The fourth-order valence-electron chi connectivity index (χ4n) is 0. The van der Waals surface area contributed by atoms with E-state index in [-0.39, 0.29) is 56.4 Å². The van der Waals surface area contributed by atoms with E-state index in [1.807, 2.05) is 0 Å². The van der Waals surface area contributed by atoms with Gasteiger partial charge in [0.25, 0.3) is 0 Å². The average molecular weight is 116 g/mol. The van der Waals surface area contributed by atoms with Crippen LogP contribution < -0.4 is 0 Å². The summed E-state index contributed by atoms with van der Waals surface area (Å²) in [6, 6.07) is 0. The minimum absolute atomic E-state index is 0. The molecule has 1 N–H and O–H groups in total. The van der Waals surface area contributed by atoms with Gasteiger partial charge in [0.1, 0.15) is 0 Å². The first-order valence-corrected chi connectivity index (χ1v) is 1.34. The van der Waals surface area contributed by atoms with E-state index in [4.69, 9.17) is 5.11 Å². The molecule has 0 heterocycles. The first-order chi connectivity index (χ1) is 1.73. The summed E-state index contributed by atoms with van der Waals surface area (Å²) in [5, 5.41) is 7.79. The summed E-state index contributed by atoms with van der Waals surface area (Å²) in [5.74, 6) is 0. The van der Waals surface area contributed by atoms with Crippen molar-refractivity contribution >= 4 is 68.7 Å². The van der Waals surface area contributed by atoms with Crippen LogP contribution in [-0.2, 0) is 0 Å². The van der Waals surface area contributed by atoms with Crippen molar-refractivity contribution in [2.75, 3.05) is 0 Å². The Hall–Kier alpha value is 1.53. The van der Waals surface area contributed by atoms with Gasteiger partial charge in [-0.3, -0.25) is 0 Å². The van der Waals surface area contributed by atoms with Crippen LogP contribution >= 0.6 is 12.2 Å². The van der Waals surface area contributed by atoms with Gasteiger partial charge in [0.15, 0.2) is 5.05 Å². The van der Waals surface area contributed by atoms with Crippen molar-refractivity contribution in [1.82, 2.24) is 0 Å². The van der Waals surface area contributed by atoms with E-state index in [0.29, 0.717) is 0 Å². The van der Waals surface area contributed by atoms with Gasteiger partial charge in [-0.1, -0.05) is 0 Å². The topological polar surface area (TPSA) is 20.2 Å². The molecule has 5 heavy (non-hydrogen) atoms. The molecule has 0 radical (unpaired) electrons. The van der Waals surface area contributed by atoms with Crippen LogP contribution in [-0.4, -0.2) is 61.5 Å². The van der Waals surface area contributed by atoms with Crippen molar-refractivity contribution in [1.29, 1.82) is 0 Å². The fourth-order valence-corrected chi connectivity index (χ4v) is 0. The molecule has 0 atom stereocenters. The molecule has 0 unspecified atom stereocenters. The predicted molar refractivity (Wildman–Crippen MR) is 28.0 cm³/mol. The quantitative estimate of drug-likeness (QED) is 0.361. The van der Waals surface area contributed by atoms with Crippen LogP contribution in [0.15, 0.2) is 0 Å². The van der Waals surface area contributed by atoms with E-state index in [0.717, 1.165) is 0 Å². The van der Waals surface area contributed by atoms with E-state index >= 15 is 0 Å². The van der Waals surface area contributed by atoms with Gasteiger partial charge in [-0.25, -0.2) is 0 Å². The number of aliphatic hydroxyl groups is 1. The molecule has 0 rings (SSSR count). The Morgan fingerprint density at radius 2 is 1.80 bits per heavy atom. The van der Waals surface area contributed by atoms with Crippen LogP contribution in [0.3, 0.4) is 0 Å². The Kier molecular flexibility index (Phi) is 10.8. The molecule has 26 valence electrons. The maximum atomic E-state index is 7.79. The number of thiocarbonyl (C=S) groups is 1. The molecule has 0 aliphatic rings. The number of hydrogen-bond donors (Lipinski definition) is 1. The molecule has 0 aliphatic heterocycles. The first-order valence-electron chi connectivity index (χ1n) is 0.928. The van der Waals surface area contributed by atoms with Gasteiger partial charge in [0.05, 0.1) is 0 Å². The van der Waals surface area contributed by atoms with E-state index < -0.39 is 0 Å². The second-order valence-electron chi connectivity index (χ2n) is 0.519. The molecule has 0 aromatic heterocycles. The van der Waals surface area contributed by atoms with Crippen molar-refractivity contribution in [2.24, 2.45) is 0 Å². The number of aliphatic hydroxyl groups excluding tert-OH is 1. The van der Waals surface area contributed by atoms with Crippen molar-refractivity contribution in [2.45, 2.75) is 6.92 Å². The Labute approximate surface area is 79.2 Å². The minimum atomic E-state index is 0. The van der Waals surface area contributed by atoms with Gasteiger partial charge in [-0.2, -0.15) is 0 Å². The number of rotatable bonds is 0. The third kappa shape index (κ3) is 29.5. The van der Waals surface area contributed by atoms with Gasteiger partial charge in [0, 0.05) is 6.92 Å². The summed E-state index contributed by atoms with van der Waals surface area (Å²) in [7, 11) is 0. The fraction of sp³-hybridized carbons (Fsp3) is 0.500. The average Bonchev–Trinajstić information content (AvgIpc) is 0.811. The summed E-state index contributed by atoms with van der Waals surface area (Å²) < 4.78 is 0. The van der Waals surface area contributed by atoms with Crippen molar-refractivity contribution < 1.29 is 5.11 Å². The standard InChI is InChI=1S/C2H4OS.K.H/c1-2(3)4;;/h1H3,(H,3,4);;. The van der Waals surface area contributed by atoms with Crippen molar-refractivity contribution in [3.05, 3.63) is 0 Å². The molecular formula is C2H5KOS. The maximum absolute atomic E-state index is 7.79. The molecule has 3 heteroatoms. The van der Waals surface area contributed by atoms with Crippen LogP contribution in [0.25, 0.3) is 0 Å². The van der Waals surface area contributed by atoms with Crippen LogP contribution in [0.1, 0.15) is 6.92 Å². The molecule has 0 spiro atoms. The zero-order chi connectivity index (χ0) is 3.58. The van der Waals surface area contributed by atoms with E-state index in [9.17, 15) is 0 Å². The van der Waals surface area contributed by atoms with Crippen molar-refractivity contribution in [3.63, 3.8) is 0 Å². The zero-order valence-corrected chi connectivity index (χ0v) is 3.17. The summed E-state index contributed by atoms with van der Waals surface area (Å²) in [4.78, 5) is 0. The summed E-state index contributed by atoms with van der Waals surface area (Å²) in [5.41, 5.74) is 0. The monoisotopic (exact) mass is 116 g/mol. The molecule has 0 saturated heterocycles. The van der Waals surface area contributed by atoms with Gasteiger partial charge in [-0.15, -0.1) is 0 Å². The van der Waals surface area contributed by atoms with Gasteiger partial charge >= 0.3 is 51.4 Å². The van der Waals surface area contributed by atoms with Gasteiger partial charge < -0.3 is 5.11 Å². The van der Waals surface area contributed by atoms with Crippen LogP contribution in [0.4, 0.5) is 0 Å². The predicted octanol–water partition coefficient (Wildman–Crippen LogP) is 0.243. The molecule has 0 aliphatic carbocycles. The second-order valence-corrected chi connectivity index (χ2v) is 1.11. The Morgan fingerprint density at radius 3 is 1.80 bits per heavy atom. The Balaban J connectivity index is 0. The molecule has 0 aromatic carbocycles. The van der Waals surface area contributed by atoms with E-state index in [1.54, 1.807) is 0 Å². The molecule has 1 nitrogen and oxygen atoms in total. The SMILES string of the molecule is CC(O)=S.[KH]. The summed E-state index contributed by atoms with van der Waals surface area (Å²) >= 11 is 4.09. The van der Waals surface area contributed by atoms with E-state index in [1.165, 1.54) is 6.92 Å². The van der Waals surface area contributed by atoms with Gasteiger partial charge in [0.2, 0.25) is 0 Å². The Morgan fingerprint density at radius 1 is 1.80 bits per heavy atom. The first kappa shape index (κ1) is 9.73. The molecule has 0 saturated carbocycles.